The first-order chi connectivity index (χ1) is 8.51. The number of rotatable bonds is 5. The molecule has 6 nitrogen and oxygen atoms in total. The third kappa shape index (κ3) is 3.10. The van der Waals surface area contributed by atoms with Gasteiger partial charge in [0.15, 0.2) is 0 Å². The Morgan fingerprint density at radius 2 is 1.89 bits per heavy atom. The molecule has 1 fully saturated rings. The van der Waals surface area contributed by atoms with Crippen molar-refractivity contribution in [2.24, 2.45) is 0 Å². The van der Waals surface area contributed by atoms with Crippen LogP contribution < -0.4 is 0 Å². The van der Waals surface area contributed by atoms with Crippen LogP contribution in [0.15, 0.2) is 25.3 Å². The van der Waals surface area contributed by atoms with Crippen LogP contribution in [-0.2, 0) is 4.79 Å². The molecule has 0 bridgehead atoms. The number of hydrogen-bond donors (Lipinski definition) is 2. The van der Waals surface area contributed by atoms with Gasteiger partial charge in [-0.25, -0.2) is 9.59 Å². The van der Waals surface area contributed by atoms with E-state index in [1.54, 1.807) is 12.2 Å². The van der Waals surface area contributed by atoms with Gasteiger partial charge in [0.25, 0.3) is 0 Å². The molecule has 0 aromatic carbocycles. The topological polar surface area (TPSA) is 81.1 Å². The van der Waals surface area contributed by atoms with Crippen LogP contribution in [0.5, 0.6) is 0 Å². The molecule has 2 unspecified atom stereocenters. The standard InChI is InChI=1S/C12H18N2O4/c1-3-5-13(6-4-2)12(18)14-8-9(15)7-10(14)11(16)17/h3-4,9-10,15H,1-2,5-8H2,(H,16,17). The summed E-state index contributed by atoms with van der Waals surface area (Å²) < 4.78 is 0. The molecule has 6 heteroatoms. The Morgan fingerprint density at radius 1 is 1.33 bits per heavy atom. The maximum Gasteiger partial charge on any atom is 0.326 e. The summed E-state index contributed by atoms with van der Waals surface area (Å²) in [6, 6.07) is -1.39. The third-order valence-corrected chi connectivity index (χ3v) is 2.78. The van der Waals surface area contributed by atoms with Gasteiger partial charge in [0.2, 0.25) is 0 Å². The van der Waals surface area contributed by atoms with Crippen LogP contribution in [0.3, 0.4) is 0 Å². The van der Waals surface area contributed by atoms with Gasteiger partial charge in [-0.2, -0.15) is 0 Å². The number of aliphatic hydroxyl groups excluding tert-OH is 1. The number of aliphatic carboxylic acids is 1. The predicted molar refractivity (Wildman–Crippen MR) is 66.1 cm³/mol. The van der Waals surface area contributed by atoms with E-state index in [1.165, 1.54) is 9.80 Å². The Morgan fingerprint density at radius 3 is 2.33 bits per heavy atom. The Kier molecular flexibility index (Phi) is 4.91. The lowest BCUT2D eigenvalue weighted by atomic mass is 10.2. The number of amides is 2. The fourth-order valence-electron chi connectivity index (χ4n) is 1.98. The minimum Gasteiger partial charge on any atom is -0.480 e. The van der Waals surface area contributed by atoms with Gasteiger partial charge in [-0.15, -0.1) is 13.2 Å². The van der Waals surface area contributed by atoms with E-state index in [9.17, 15) is 14.7 Å². The summed E-state index contributed by atoms with van der Waals surface area (Å²) >= 11 is 0. The van der Waals surface area contributed by atoms with Crippen molar-refractivity contribution in [1.82, 2.24) is 9.80 Å². The predicted octanol–water partition coefficient (Wildman–Crippen LogP) is 0.300. The molecular formula is C12H18N2O4. The molecule has 100 valence electrons. The summed E-state index contributed by atoms with van der Waals surface area (Å²) in [5, 5.41) is 18.5. The highest BCUT2D eigenvalue weighted by atomic mass is 16.4. The van der Waals surface area contributed by atoms with Gasteiger partial charge >= 0.3 is 12.0 Å². The molecule has 2 atom stereocenters. The number of likely N-dealkylation sites (tertiary alicyclic amines) is 1. The molecule has 1 aliphatic heterocycles. The average molecular weight is 254 g/mol. The van der Waals surface area contributed by atoms with E-state index in [1.807, 2.05) is 0 Å². The van der Waals surface area contributed by atoms with Crippen LogP contribution in [0.2, 0.25) is 0 Å². The summed E-state index contributed by atoms with van der Waals surface area (Å²) in [6.45, 7) is 7.76. The van der Waals surface area contributed by atoms with Crippen molar-refractivity contribution in [2.75, 3.05) is 19.6 Å². The molecule has 1 saturated heterocycles. The van der Waals surface area contributed by atoms with Gasteiger partial charge in [0.05, 0.1) is 6.10 Å². The van der Waals surface area contributed by atoms with E-state index < -0.39 is 24.1 Å². The maximum absolute atomic E-state index is 12.2. The zero-order chi connectivity index (χ0) is 13.7. The first-order valence-electron chi connectivity index (χ1n) is 5.69. The van der Waals surface area contributed by atoms with Gasteiger partial charge in [0, 0.05) is 26.1 Å². The highest BCUT2D eigenvalue weighted by Crippen LogP contribution is 2.20. The van der Waals surface area contributed by atoms with Crippen LogP contribution in [0.1, 0.15) is 6.42 Å². The number of nitrogens with zero attached hydrogens (tertiary/aromatic N) is 2. The summed E-state index contributed by atoms with van der Waals surface area (Å²) in [5.74, 6) is -1.10. The van der Waals surface area contributed by atoms with Gasteiger partial charge < -0.3 is 20.0 Å². The lowest BCUT2D eigenvalue weighted by Crippen LogP contribution is -2.48. The normalized spacial score (nSPS) is 22.6. The maximum atomic E-state index is 12.2. The molecular weight excluding hydrogens is 236 g/mol. The zero-order valence-corrected chi connectivity index (χ0v) is 10.2. The lowest BCUT2D eigenvalue weighted by molar-refractivity contribution is -0.141. The van der Waals surface area contributed by atoms with Crippen molar-refractivity contribution >= 4 is 12.0 Å². The third-order valence-electron chi connectivity index (χ3n) is 2.78. The van der Waals surface area contributed by atoms with Crippen LogP contribution in [0.25, 0.3) is 0 Å². The molecule has 1 rings (SSSR count). The molecule has 0 aromatic heterocycles. The second-order valence-electron chi connectivity index (χ2n) is 4.16. The van der Waals surface area contributed by atoms with Crippen molar-refractivity contribution in [1.29, 1.82) is 0 Å². The smallest absolute Gasteiger partial charge is 0.326 e. The van der Waals surface area contributed by atoms with Crippen LogP contribution in [0.4, 0.5) is 4.79 Å². The fourth-order valence-corrected chi connectivity index (χ4v) is 1.98. The fraction of sp³-hybridized carbons (Fsp3) is 0.500. The van der Waals surface area contributed by atoms with Gasteiger partial charge in [-0.05, 0) is 0 Å². The minimum atomic E-state index is -1.10. The zero-order valence-electron chi connectivity index (χ0n) is 10.2. The SMILES string of the molecule is C=CCN(CC=C)C(=O)N1CC(O)CC1C(=O)O. The molecule has 1 aliphatic rings. The largest absolute Gasteiger partial charge is 0.480 e. The Bertz CT molecular complexity index is 346. The van der Waals surface area contributed by atoms with E-state index in [4.69, 9.17) is 5.11 Å². The van der Waals surface area contributed by atoms with Crippen LogP contribution in [-0.4, -0.2) is 63.8 Å². The molecule has 18 heavy (non-hydrogen) atoms. The van der Waals surface area contributed by atoms with Crippen molar-refractivity contribution in [2.45, 2.75) is 18.6 Å². The minimum absolute atomic E-state index is 0.0422. The number of β-amino-alcohol motifs (C(OH)–C–C–N with tert-alkyl or cyclic N) is 1. The number of urea groups is 1. The van der Waals surface area contributed by atoms with E-state index >= 15 is 0 Å². The van der Waals surface area contributed by atoms with E-state index in [-0.39, 0.29) is 13.0 Å². The van der Waals surface area contributed by atoms with Gasteiger partial charge in [-0.3, -0.25) is 0 Å². The quantitative estimate of drug-likeness (QED) is 0.691. The van der Waals surface area contributed by atoms with Gasteiger partial charge in [-0.1, -0.05) is 12.2 Å². The van der Waals surface area contributed by atoms with Crippen molar-refractivity contribution < 1.29 is 19.8 Å². The molecule has 0 aliphatic carbocycles. The van der Waals surface area contributed by atoms with Crippen LogP contribution >= 0.6 is 0 Å². The first kappa shape index (κ1) is 14.2. The summed E-state index contributed by atoms with van der Waals surface area (Å²) in [6.07, 6.45) is 2.40. The number of carbonyl (C=O) groups is 2. The average Bonchev–Trinajstić information content (AvgIpc) is 2.70. The van der Waals surface area contributed by atoms with Crippen molar-refractivity contribution in [3.05, 3.63) is 25.3 Å². The second-order valence-corrected chi connectivity index (χ2v) is 4.16. The first-order valence-corrected chi connectivity index (χ1v) is 5.69. The highest BCUT2D eigenvalue weighted by molar-refractivity contribution is 5.83. The van der Waals surface area contributed by atoms with Crippen molar-refractivity contribution in [3.63, 3.8) is 0 Å². The number of carboxylic acid groups (broad SMARTS) is 1. The molecule has 0 saturated carbocycles. The monoisotopic (exact) mass is 254 g/mol. The van der Waals surface area contributed by atoms with E-state index in [0.717, 1.165) is 0 Å². The number of carboxylic acids is 1. The molecule has 0 aromatic rings. The molecule has 0 spiro atoms. The van der Waals surface area contributed by atoms with E-state index in [2.05, 4.69) is 13.2 Å². The number of hydrogen-bond acceptors (Lipinski definition) is 3. The number of aliphatic hydroxyl groups is 1. The second kappa shape index (κ2) is 6.20. The number of carbonyl (C=O) groups excluding carboxylic acids is 1. The Hall–Kier alpha value is -1.82. The molecule has 2 amide bonds. The summed E-state index contributed by atoms with van der Waals surface area (Å²) in [7, 11) is 0. The molecule has 0 radical (unpaired) electrons. The van der Waals surface area contributed by atoms with Crippen LogP contribution in [0, 0.1) is 0 Å². The Balaban J connectivity index is 2.82. The summed E-state index contributed by atoms with van der Waals surface area (Å²) in [5.41, 5.74) is 0. The molecule has 1 heterocycles. The summed E-state index contributed by atoms with van der Waals surface area (Å²) in [4.78, 5) is 25.8. The van der Waals surface area contributed by atoms with E-state index in [0.29, 0.717) is 13.1 Å². The van der Waals surface area contributed by atoms with Crippen molar-refractivity contribution in [3.8, 4) is 0 Å². The molecule has 2 N–H and O–H groups in total. The Labute approximate surface area is 106 Å². The van der Waals surface area contributed by atoms with Gasteiger partial charge in [0.1, 0.15) is 6.04 Å². The lowest BCUT2D eigenvalue weighted by Gasteiger charge is -2.28. The highest BCUT2D eigenvalue weighted by Gasteiger charge is 2.40.